The van der Waals surface area contributed by atoms with Gasteiger partial charge in [-0.3, -0.25) is 19.3 Å². The Hall–Kier alpha value is -4.66. The number of nitrogens with zero attached hydrogens (tertiary/aromatic N) is 2. The first kappa shape index (κ1) is 30.4. The highest BCUT2D eigenvalue weighted by Gasteiger charge is 2.43. The van der Waals surface area contributed by atoms with Gasteiger partial charge in [0.15, 0.2) is 0 Å². The van der Waals surface area contributed by atoms with Gasteiger partial charge in [-0.15, -0.1) is 16.8 Å². The SMILES string of the molecule is CC(C)(C)OC(=O)N1C[C@@H](SC(c2ccccc2)(c2ccccc2)c2ccccc2)C=C1CON1C(=O)c2ccccc2C1=O. The molecule has 0 aliphatic carbocycles. The minimum Gasteiger partial charge on any atom is -0.443 e. The summed E-state index contributed by atoms with van der Waals surface area (Å²) in [7, 11) is 0. The second-order valence-corrected chi connectivity index (χ2v) is 13.4. The zero-order chi connectivity index (χ0) is 31.6. The summed E-state index contributed by atoms with van der Waals surface area (Å²) in [4.78, 5) is 46.9. The van der Waals surface area contributed by atoms with E-state index in [-0.39, 0.29) is 11.9 Å². The van der Waals surface area contributed by atoms with E-state index >= 15 is 0 Å². The fourth-order valence-corrected chi connectivity index (χ4v) is 7.44. The van der Waals surface area contributed by atoms with Gasteiger partial charge in [0.05, 0.1) is 15.9 Å². The summed E-state index contributed by atoms with van der Waals surface area (Å²) >= 11 is 1.72. The van der Waals surface area contributed by atoms with Crippen LogP contribution in [0.1, 0.15) is 58.2 Å². The van der Waals surface area contributed by atoms with Gasteiger partial charge in [0, 0.05) is 17.5 Å². The third-order valence-corrected chi connectivity index (χ3v) is 9.32. The number of fused-ring (bicyclic) bond motifs is 1. The van der Waals surface area contributed by atoms with Crippen molar-refractivity contribution in [3.8, 4) is 0 Å². The molecule has 0 saturated heterocycles. The Morgan fingerprint density at radius 3 is 1.62 bits per heavy atom. The largest absolute Gasteiger partial charge is 0.443 e. The van der Waals surface area contributed by atoms with Crippen molar-refractivity contribution in [3.63, 3.8) is 0 Å². The van der Waals surface area contributed by atoms with Crippen molar-refractivity contribution in [2.24, 2.45) is 0 Å². The Morgan fingerprint density at radius 1 is 0.733 bits per heavy atom. The van der Waals surface area contributed by atoms with Crippen LogP contribution in [0.4, 0.5) is 4.79 Å². The molecule has 8 heteroatoms. The fourth-order valence-electron chi connectivity index (χ4n) is 5.73. The molecule has 0 bridgehead atoms. The molecule has 0 fully saturated rings. The Kier molecular flexibility index (Phi) is 8.36. The molecule has 45 heavy (non-hydrogen) atoms. The molecule has 2 aliphatic rings. The summed E-state index contributed by atoms with van der Waals surface area (Å²) < 4.78 is 5.16. The molecule has 0 unspecified atom stereocenters. The number of hydrogen-bond acceptors (Lipinski definition) is 6. The fraction of sp³-hybridized carbons (Fsp3) is 0.216. The van der Waals surface area contributed by atoms with Crippen LogP contribution in [0.5, 0.6) is 0 Å². The molecule has 0 N–H and O–H groups in total. The van der Waals surface area contributed by atoms with E-state index in [0.717, 1.165) is 21.8 Å². The molecular formula is C37H34N2O5S. The highest BCUT2D eigenvalue weighted by Crippen LogP contribution is 2.51. The average Bonchev–Trinajstić information content (AvgIpc) is 3.56. The van der Waals surface area contributed by atoms with Crippen molar-refractivity contribution >= 4 is 29.7 Å². The molecule has 3 amide bonds. The van der Waals surface area contributed by atoms with Gasteiger partial charge in [-0.2, -0.15) is 0 Å². The van der Waals surface area contributed by atoms with Crippen LogP contribution in [0, 0.1) is 0 Å². The van der Waals surface area contributed by atoms with Crippen LogP contribution < -0.4 is 0 Å². The van der Waals surface area contributed by atoms with Gasteiger partial charge in [-0.1, -0.05) is 103 Å². The Labute approximate surface area is 267 Å². The van der Waals surface area contributed by atoms with Crippen molar-refractivity contribution < 1.29 is 24.0 Å². The number of imide groups is 1. The van der Waals surface area contributed by atoms with Crippen molar-refractivity contribution in [1.82, 2.24) is 9.96 Å². The van der Waals surface area contributed by atoms with E-state index in [1.54, 1.807) is 40.9 Å². The lowest BCUT2D eigenvalue weighted by Gasteiger charge is -2.37. The van der Waals surface area contributed by atoms with Crippen LogP contribution in [-0.2, 0) is 14.3 Å². The van der Waals surface area contributed by atoms with E-state index in [1.807, 2.05) is 81.4 Å². The smallest absolute Gasteiger partial charge is 0.414 e. The highest BCUT2D eigenvalue weighted by molar-refractivity contribution is 8.01. The maximum absolute atomic E-state index is 13.5. The quantitative estimate of drug-likeness (QED) is 0.151. The molecule has 2 aliphatic heterocycles. The maximum Gasteiger partial charge on any atom is 0.414 e. The van der Waals surface area contributed by atoms with E-state index in [4.69, 9.17) is 9.57 Å². The van der Waals surface area contributed by atoms with Crippen molar-refractivity contribution in [3.05, 3.63) is 155 Å². The molecule has 228 valence electrons. The zero-order valence-corrected chi connectivity index (χ0v) is 26.2. The summed E-state index contributed by atoms with van der Waals surface area (Å²) in [5, 5.41) is 0.584. The first-order chi connectivity index (χ1) is 21.7. The number of thioether (sulfide) groups is 1. The van der Waals surface area contributed by atoms with Gasteiger partial charge >= 0.3 is 6.09 Å². The molecule has 4 aromatic rings. The number of amides is 3. The van der Waals surface area contributed by atoms with Gasteiger partial charge in [-0.25, -0.2) is 4.79 Å². The lowest BCUT2D eigenvalue weighted by Crippen LogP contribution is -2.39. The topological polar surface area (TPSA) is 76.2 Å². The van der Waals surface area contributed by atoms with Gasteiger partial charge < -0.3 is 4.74 Å². The predicted octanol–water partition coefficient (Wildman–Crippen LogP) is 7.44. The number of hydroxylamine groups is 2. The minimum atomic E-state index is -0.724. The molecule has 0 saturated carbocycles. The highest BCUT2D eigenvalue weighted by atomic mass is 32.2. The predicted molar refractivity (Wildman–Crippen MR) is 175 cm³/mol. The number of benzene rings is 4. The minimum absolute atomic E-state index is 0.170. The normalized spacial score (nSPS) is 16.5. The van der Waals surface area contributed by atoms with Crippen molar-refractivity contribution in [2.45, 2.75) is 36.4 Å². The third-order valence-electron chi connectivity index (χ3n) is 7.67. The first-order valence-electron chi connectivity index (χ1n) is 14.8. The molecule has 0 aromatic heterocycles. The molecule has 4 aromatic carbocycles. The van der Waals surface area contributed by atoms with Crippen LogP contribution in [-0.4, -0.2) is 51.9 Å². The van der Waals surface area contributed by atoms with Gasteiger partial charge in [0.1, 0.15) is 12.2 Å². The van der Waals surface area contributed by atoms with Crippen molar-refractivity contribution in [2.75, 3.05) is 13.2 Å². The van der Waals surface area contributed by atoms with Gasteiger partial charge in [-0.05, 0) is 55.7 Å². The summed E-state index contributed by atoms with van der Waals surface area (Å²) in [6.07, 6.45) is 1.46. The summed E-state index contributed by atoms with van der Waals surface area (Å²) in [5.74, 6) is -1.06. The number of ether oxygens (including phenoxy) is 1. The molecule has 1 atom stereocenters. The molecule has 6 rings (SSSR count). The standard InChI is InChI=1S/C37H34N2O5S/c1-36(2,3)44-35(42)38-24-30(23-29(38)25-43-39-33(40)31-21-13-14-22-32(31)34(39)41)45-37(26-15-7-4-8-16-26,27-17-9-5-10-18-27)28-19-11-6-12-20-28/h4-23,30H,24-25H2,1-3H3/t30-/m0/s1. The van der Waals surface area contributed by atoms with E-state index < -0.39 is 28.3 Å². The zero-order valence-electron chi connectivity index (χ0n) is 25.4. The van der Waals surface area contributed by atoms with Crippen molar-refractivity contribution in [1.29, 1.82) is 0 Å². The summed E-state index contributed by atoms with van der Waals surface area (Å²) in [6.45, 7) is 5.59. The van der Waals surface area contributed by atoms with Crippen LogP contribution in [0.2, 0.25) is 0 Å². The van der Waals surface area contributed by atoms with E-state index in [2.05, 4.69) is 36.4 Å². The van der Waals surface area contributed by atoms with Gasteiger partial charge in [0.2, 0.25) is 0 Å². The van der Waals surface area contributed by atoms with Crippen LogP contribution >= 0.6 is 11.8 Å². The third kappa shape index (κ3) is 6.03. The lowest BCUT2D eigenvalue weighted by molar-refractivity contribution is -0.0863. The molecule has 2 heterocycles. The molecular weight excluding hydrogens is 584 g/mol. The lowest BCUT2D eigenvalue weighted by atomic mass is 9.84. The number of carbonyl (C=O) groups excluding carboxylic acids is 3. The van der Waals surface area contributed by atoms with Crippen LogP contribution in [0.3, 0.4) is 0 Å². The molecule has 0 spiro atoms. The van der Waals surface area contributed by atoms with Crippen LogP contribution in [0.25, 0.3) is 0 Å². The summed E-state index contributed by atoms with van der Waals surface area (Å²) in [6, 6.07) is 37.6. The van der Waals surface area contributed by atoms with Gasteiger partial charge in [0.25, 0.3) is 11.8 Å². The maximum atomic E-state index is 13.5. The number of carbonyl (C=O) groups is 3. The van der Waals surface area contributed by atoms with E-state index in [0.29, 0.717) is 23.4 Å². The van der Waals surface area contributed by atoms with E-state index in [9.17, 15) is 14.4 Å². The summed E-state index contributed by atoms with van der Waals surface area (Å²) in [5.41, 5.74) is 3.67. The second kappa shape index (κ2) is 12.4. The number of rotatable bonds is 8. The Morgan fingerprint density at radius 2 is 1.18 bits per heavy atom. The first-order valence-corrected chi connectivity index (χ1v) is 15.7. The number of hydrogen-bond donors (Lipinski definition) is 0. The second-order valence-electron chi connectivity index (χ2n) is 11.9. The van der Waals surface area contributed by atoms with E-state index in [1.165, 1.54) is 0 Å². The average molecular weight is 619 g/mol. The monoisotopic (exact) mass is 618 g/mol. The molecule has 7 nitrogen and oxygen atoms in total. The van der Waals surface area contributed by atoms with Crippen LogP contribution in [0.15, 0.2) is 127 Å². The Balaban J connectivity index is 1.37. The Bertz CT molecular complexity index is 1600. The molecule has 0 radical (unpaired) electrons.